The van der Waals surface area contributed by atoms with Gasteiger partial charge in [0.15, 0.2) is 0 Å². The average molecular weight is 584 g/mol. The lowest BCUT2D eigenvalue weighted by molar-refractivity contribution is 1.31. The van der Waals surface area contributed by atoms with Crippen molar-refractivity contribution in [3.8, 4) is 11.1 Å². The number of hydrogen-bond acceptors (Lipinski definition) is 3. The number of nitrogens with zero attached hydrogens (tertiary/aromatic N) is 1. The molecule has 2 aromatic heterocycles. The molecule has 9 aromatic rings. The molecule has 0 atom stereocenters. The molecule has 202 valence electrons. The molecule has 0 aliphatic heterocycles. The van der Waals surface area contributed by atoms with Crippen LogP contribution < -0.4 is 4.90 Å². The zero-order valence-corrected chi connectivity index (χ0v) is 24.8. The Morgan fingerprint density at radius 1 is 0.395 bits per heavy atom. The molecule has 0 bridgehead atoms. The zero-order valence-electron chi connectivity index (χ0n) is 23.2. The van der Waals surface area contributed by atoms with Crippen LogP contribution in [0, 0.1) is 0 Å². The van der Waals surface area contributed by atoms with E-state index in [9.17, 15) is 0 Å². The molecule has 2 heterocycles. The van der Waals surface area contributed by atoms with Crippen LogP contribution in [0.25, 0.3) is 62.2 Å². The molecule has 1 nitrogen and oxygen atoms in total. The summed E-state index contributed by atoms with van der Waals surface area (Å²) in [5.41, 5.74) is 5.96. The molecular weight excluding hydrogens is 559 g/mol. The van der Waals surface area contributed by atoms with E-state index in [2.05, 4.69) is 157 Å². The lowest BCUT2D eigenvalue weighted by Crippen LogP contribution is -2.10. The highest BCUT2D eigenvalue weighted by Crippen LogP contribution is 2.47. The second-order valence-corrected chi connectivity index (χ2v) is 13.1. The van der Waals surface area contributed by atoms with Gasteiger partial charge in [0.1, 0.15) is 0 Å². The molecule has 0 N–H and O–H groups in total. The predicted octanol–water partition coefficient (Wildman–Crippen LogP) is 12.7. The number of fused-ring (bicyclic) bond motifs is 8. The van der Waals surface area contributed by atoms with Gasteiger partial charge in [-0.2, -0.15) is 0 Å². The van der Waals surface area contributed by atoms with Crippen molar-refractivity contribution in [2.24, 2.45) is 0 Å². The van der Waals surface area contributed by atoms with E-state index in [-0.39, 0.29) is 0 Å². The number of thiophene rings is 2. The van der Waals surface area contributed by atoms with Gasteiger partial charge in [-0.05, 0) is 64.4 Å². The summed E-state index contributed by atoms with van der Waals surface area (Å²) >= 11 is 3.76. The van der Waals surface area contributed by atoms with Gasteiger partial charge in [0.05, 0.1) is 5.69 Å². The summed E-state index contributed by atoms with van der Waals surface area (Å²) in [4.78, 5) is 2.44. The van der Waals surface area contributed by atoms with Crippen molar-refractivity contribution in [3.63, 3.8) is 0 Å². The Hall–Kier alpha value is -4.96. The van der Waals surface area contributed by atoms with Crippen molar-refractivity contribution in [2.75, 3.05) is 4.90 Å². The minimum Gasteiger partial charge on any atom is -0.310 e. The van der Waals surface area contributed by atoms with E-state index in [1.165, 1.54) is 73.6 Å². The Labute approximate surface area is 257 Å². The van der Waals surface area contributed by atoms with Gasteiger partial charge in [0.25, 0.3) is 0 Å². The van der Waals surface area contributed by atoms with Gasteiger partial charge >= 0.3 is 0 Å². The Morgan fingerprint density at radius 3 is 1.98 bits per heavy atom. The Bertz CT molecular complexity index is 2450. The highest BCUT2D eigenvalue weighted by Gasteiger charge is 2.20. The standard InChI is InChI=1S/C40H25NS2/c1-2-9-26(10-3-1)27-17-20-29(21-18-27)41(35-14-8-16-37-39(35)34-13-6-7-15-36(34)42-37)30-22-24-32-33-23-19-28-11-4-5-12-31(28)40(33)43-38(32)25-30/h1-25H. The number of anilines is 3. The molecule has 0 amide bonds. The maximum atomic E-state index is 2.44. The first-order chi connectivity index (χ1) is 21.3. The van der Waals surface area contributed by atoms with Gasteiger partial charge in [0, 0.05) is 51.7 Å². The fourth-order valence-electron chi connectivity index (χ4n) is 6.44. The van der Waals surface area contributed by atoms with Crippen molar-refractivity contribution < 1.29 is 0 Å². The lowest BCUT2D eigenvalue weighted by atomic mass is 10.0. The van der Waals surface area contributed by atoms with E-state index in [0.29, 0.717) is 0 Å². The summed E-state index contributed by atoms with van der Waals surface area (Å²) in [5.74, 6) is 0. The summed E-state index contributed by atoms with van der Waals surface area (Å²) in [6.45, 7) is 0. The van der Waals surface area contributed by atoms with Crippen LogP contribution in [0.1, 0.15) is 0 Å². The second kappa shape index (κ2) is 9.81. The van der Waals surface area contributed by atoms with Crippen molar-refractivity contribution in [2.45, 2.75) is 0 Å². The molecule has 0 unspecified atom stereocenters. The first kappa shape index (κ1) is 24.6. The number of rotatable bonds is 4. The molecule has 0 aliphatic carbocycles. The maximum Gasteiger partial charge on any atom is 0.0554 e. The van der Waals surface area contributed by atoms with Gasteiger partial charge in [-0.25, -0.2) is 0 Å². The summed E-state index contributed by atoms with van der Waals surface area (Å²) < 4.78 is 5.28. The summed E-state index contributed by atoms with van der Waals surface area (Å²) in [7, 11) is 0. The third-order valence-corrected chi connectivity index (χ3v) is 10.8. The molecule has 43 heavy (non-hydrogen) atoms. The SMILES string of the molecule is c1ccc(-c2ccc(N(c3ccc4c(c3)sc3c5ccccc5ccc43)c3cccc4sc5ccccc5c34)cc2)cc1. The molecule has 0 aliphatic rings. The van der Waals surface area contributed by atoms with E-state index in [4.69, 9.17) is 0 Å². The molecule has 9 rings (SSSR count). The van der Waals surface area contributed by atoms with Gasteiger partial charge in [-0.1, -0.05) is 109 Å². The third-order valence-electron chi connectivity index (χ3n) is 8.46. The molecule has 3 heteroatoms. The largest absolute Gasteiger partial charge is 0.310 e. The van der Waals surface area contributed by atoms with Crippen LogP contribution in [0.5, 0.6) is 0 Å². The van der Waals surface area contributed by atoms with E-state index in [1.807, 2.05) is 22.7 Å². The van der Waals surface area contributed by atoms with Crippen molar-refractivity contribution in [1.29, 1.82) is 0 Å². The summed E-state index contributed by atoms with van der Waals surface area (Å²) in [6, 6.07) is 55.4. The summed E-state index contributed by atoms with van der Waals surface area (Å²) in [5, 5.41) is 7.86. The number of hydrogen-bond donors (Lipinski definition) is 0. The second-order valence-electron chi connectivity index (χ2n) is 10.9. The van der Waals surface area contributed by atoms with Gasteiger partial charge < -0.3 is 4.90 Å². The highest BCUT2D eigenvalue weighted by molar-refractivity contribution is 7.27. The summed E-state index contributed by atoms with van der Waals surface area (Å²) in [6.07, 6.45) is 0. The van der Waals surface area contributed by atoms with Crippen LogP contribution in [-0.2, 0) is 0 Å². The minimum absolute atomic E-state index is 1.15. The fourth-order valence-corrected chi connectivity index (χ4v) is 8.83. The van der Waals surface area contributed by atoms with Crippen LogP contribution in [-0.4, -0.2) is 0 Å². The molecule has 0 fully saturated rings. The van der Waals surface area contributed by atoms with Crippen molar-refractivity contribution >= 4 is 90.9 Å². The van der Waals surface area contributed by atoms with Crippen molar-refractivity contribution in [3.05, 3.63) is 152 Å². The first-order valence-electron chi connectivity index (χ1n) is 14.5. The van der Waals surface area contributed by atoms with Crippen LogP contribution >= 0.6 is 22.7 Å². The Kier molecular flexibility index (Phi) is 5.62. The molecule has 0 saturated carbocycles. The smallest absolute Gasteiger partial charge is 0.0554 e. The average Bonchev–Trinajstić information content (AvgIpc) is 3.64. The number of benzene rings is 7. The van der Waals surface area contributed by atoms with E-state index < -0.39 is 0 Å². The molecular formula is C40H25NS2. The first-order valence-corrected chi connectivity index (χ1v) is 16.1. The molecule has 0 radical (unpaired) electrons. The topological polar surface area (TPSA) is 3.24 Å². The van der Waals surface area contributed by atoms with E-state index in [0.717, 1.165) is 5.69 Å². The van der Waals surface area contributed by atoms with Gasteiger partial charge in [-0.3, -0.25) is 0 Å². The normalized spacial score (nSPS) is 11.7. The third kappa shape index (κ3) is 3.97. The van der Waals surface area contributed by atoms with Crippen LogP contribution in [0.4, 0.5) is 17.1 Å². The zero-order chi connectivity index (χ0) is 28.3. The van der Waals surface area contributed by atoms with E-state index >= 15 is 0 Å². The Morgan fingerprint density at radius 2 is 1.09 bits per heavy atom. The van der Waals surface area contributed by atoms with Crippen LogP contribution in [0.15, 0.2) is 152 Å². The molecule has 0 saturated heterocycles. The van der Waals surface area contributed by atoms with Gasteiger partial charge in [-0.15, -0.1) is 22.7 Å². The predicted molar refractivity (Wildman–Crippen MR) is 190 cm³/mol. The van der Waals surface area contributed by atoms with Crippen molar-refractivity contribution in [1.82, 2.24) is 0 Å². The fraction of sp³-hybridized carbons (Fsp3) is 0. The quantitative estimate of drug-likeness (QED) is 0.199. The lowest BCUT2D eigenvalue weighted by Gasteiger charge is -2.27. The molecule has 7 aromatic carbocycles. The monoisotopic (exact) mass is 583 g/mol. The molecule has 0 spiro atoms. The minimum atomic E-state index is 1.15. The maximum absolute atomic E-state index is 2.44. The van der Waals surface area contributed by atoms with Crippen LogP contribution in [0.2, 0.25) is 0 Å². The highest BCUT2D eigenvalue weighted by atomic mass is 32.1. The van der Waals surface area contributed by atoms with Gasteiger partial charge in [0.2, 0.25) is 0 Å². The Balaban J connectivity index is 1.28. The van der Waals surface area contributed by atoms with E-state index in [1.54, 1.807) is 0 Å². The van der Waals surface area contributed by atoms with Crippen LogP contribution in [0.3, 0.4) is 0 Å².